The molecule has 0 bridgehead atoms. The summed E-state index contributed by atoms with van der Waals surface area (Å²) >= 11 is 0. The van der Waals surface area contributed by atoms with E-state index in [1.165, 1.54) is 0 Å². The van der Waals surface area contributed by atoms with Crippen LogP contribution in [0.5, 0.6) is 5.75 Å². The summed E-state index contributed by atoms with van der Waals surface area (Å²) in [5.41, 5.74) is 7.66. The first-order valence-electron chi connectivity index (χ1n) is 9.57. The van der Waals surface area contributed by atoms with Crippen LogP contribution in [-0.2, 0) is 11.3 Å². The molecule has 1 amide bonds. The first-order chi connectivity index (χ1) is 12.5. The predicted octanol–water partition coefficient (Wildman–Crippen LogP) is 2.45. The standard InChI is InChI=1S/C20H32N4O2/c1-4-22-20(24-10-6-7-17(14-24)12-19(21)25)23-13-16-8-9-18(26-5-2)15(3)11-16/h8-9,11,17H,4-7,10,12-14H2,1-3H3,(H2,21,25)(H,22,23). The molecule has 26 heavy (non-hydrogen) atoms. The van der Waals surface area contributed by atoms with Gasteiger partial charge in [-0.1, -0.05) is 12.1 Å². The predicted molar refractivity (Wildman–Crippen MR) is 105 cm³/mol. The molecular formula is C20H32N4O2. The van der Waals surface area contributed by atoms with Crippen molar-refractivity contribution >= 4 is 11.9 Å². The molecule has 0 saturated carbocycles. The van der Waals surface area contributed by atoms with Crippen molar-refractivity contribution in [2.24, 2.45) is 16.6 Å². The molecule has 3 N–H and O–H groups in total. The van der Waals surface area contributed by atoms with E-state index in [1.807, 2.05) is 13.0 Å². The summed E-state index contributed by atoms with van der Waals surface area (Å²) < 4.78 is 5.60. The number of likely N-dealkylation sites (tertiary alicyclic amines) is 1. The lowest BCUT2D eigenvalue weighted by Crippen LogP contribution is -2.47. The van der Waals surface area contributed by atoms with Gasteiger partial charge in [-0.3, -0.25) is 4.79 Å². The molecule has 6 nitrogen and oxygen atoms in total. The molecule has 0 aliphatic carbocycles. The topological polar surface area (TPSA) is 80.0 Å². The van der Waals surface area contributed by atoms with Crippen molar-refractivity contribution in [1.29, 1.82) is 0 Å². The number of carbonyl (C=O) groups is 1. The molecule has 0 radical (unpaired) electrons. The number of aryl methyl sites for hydroxylation is 1. The van der Waals surface area contributed by atoms with Gasteiger partial charge in [0.25, 0.3) is 0 Å². The summed E-state index contributed by atoms with van der Waals surface area (Å²) in [6, 6.07) is 6.21. The van der Waals surface area contributed by atoms with Crippen LogP contribution in [0.15, 0.2) is 23.2 Å². The molecule has 1 fully saturated rings. The first-order valence-corrected chi connectivity index (χ1v) is 9.57. The molecule has 1 aromatic rings. The summed E-state index contributed by atoms with van der Waals surface area (Å²) in [5.74, 6) is 1.94. The third-order valence-corrected chi connectivity index (χ3v) is 4.59. The number of nitrogens with two attached hydrogens (primary N) is 1. The highest BCUT2D eigenvalue weighted by atomic mass is 16.5. The molecule has 1 aliphatic rings. The Hall–Kier alpha value is -2.24. The summed E-state index contributed by atoms with van der Waals surface area (Å²) in [6.07, 6.45) is 2.56. The Morgan fingerprint density at radius 1 is 1.42 bits per heavy atom. The van der Waals surface area contributed by atoms with Crippen molar-refractivity contribution in [2.75, 3.05) is 26.2 Å². The zero-order chi connectivity index (χ0) is 18.9. The minimum atomic E-state index is -0.219. The fourth-order valence-electron chi connectivity index (χ4n) is 3.43. The summed E-state index contributed by atoms with van der Waals surface area (Å²) in [5, 5.41) is 3.38. The van der Waals surface area contributed by atoms with Gasteiger partial charge in [0.15, 0.2) is 5.96 Å². The smallest absolute Gasteiger partial charge is 0.217 e. The lowest BCUT2D eigenvalue weighted by Gasteiger charge is -2.34. The maximum atomic E-state index is 11.2. The van der Waals surface area contributed by atoms with Gasteiger partial charge in [0.05, 0.1) is 13.2 Å². The Bertz CT molecular complexity index is 630. The SMILES string of the molecule is CCNC(=NCc1ccc(OCC)c(C)c1)N1CCCC(CC(N)=O)C1. The number of ether oxygens (including phenoxy) is 1. The molecule has 144 valence electrons. The highest BCUT2D eigenvalue weighted by Gasteiger charge is 2.23. The molecule has 0 aromatic heterocycles. The molecular weight excluding hydrogens is 328 g/mol. The van der Waals surface area contributed by atoms with Crippen LogP contribution < -0.4 is 15.8 Å². The summed E-state index contributed by atoms with van der Waals surface area (Å²) in [6.45, 7) is 10.0. The number of benzene rings is 1. The summed E-state index contributed by atoms with van der Waals surface area (Å²) in [7, 11) is 0. The average molecular weight is 361 g/mol. The van der Waals surface area contributed by atoms with E-state index >= 15 is 0 Å². The molecule has 1 aromatic carbocycles. The van der Waals surface area contributed by atoms with Gasteiger partial charge in [0, 0.05) is 26.1 Å². The van der Waals surface area contributed by atoms with Crippen molar-refractivity contribution in [3.05, 3.63) is 29.3 Å². The van der Waals surface area contributed by atoms with E-state index in [0.29, 0.717) is 25.5 Å². The van der Waals surface area contributed by atoms with E-state index in [-0.39, 0.29) is 5.91 Å². The van der Waals surface area contributed by atoms with Crippen LogP contribution in [-0.4, -0.2) is 43.0 Å². The van der Waals surface area contributed by atoms with Crippen molar-refractivity contribution in [3.8, 4) is 5.75 Å². The van der Waals surface area contributed by atoms with E-state index in [4.69, 9.17) is 15.5 Å². The maximum Gasteiger partial charge on any atom is 0.217 e. The zero-order valence-corrected chi connectivity index (χ0v) is 16.3. The van der Waals surface area contributed by atoms with E-state index < -0.39 is 0 Å². The normalized spacial score (nSPS) is 17.9. The quantitative estimate of drug-likeness (QED) is 0.578. The Balaban J connectivity index is 2.06. The van der Waals surface area contributed by atoms with Crippen LogP contribution in [0.25, 0.3) is 0 Å². The molecule has 1 aliphatic heterocycles. The van der Waals surface area contributed by atoms with E-state index in [1.54, 1.807) is 0 Å². The number of amides is 1. The second kappa shape index (κ2) is 10.0. The Morgan fingerprint density at radius 2 is 2.23 bits per heavy atom. The molecule has 2 rings (SSSR count). The number of guanidine groups is 1. The second-order valence-corrected chi connectivity index (χ2v) is 6.83. The molecule has 6 heteroatoms. The number of aliphatic imine (C=N–C) groups is 1. The van der Waals surface area contributed by atoms with Crippen molar-refractivity contribution in [2.45, 2.75) is 46.6 Å². The van der Waals surface area contributed by atoms with Crippen LogP contribution >= 0.6 is 0 Å². The number of hydrogen-bond donors (Lipinski definition) is 2. The van der Waals surface area contributed by atoms with Crippen LogP contribution in [0.1, 0.15) is 44.2 Å². The fraction of sp³-hybridized carbons (Fsp3) is 0.600. The maximum absolute atomic E-state index is 11.2. The van der Waals surface area contributed by atoms with E-state index in [2.05, 4.69) is 36.2 Å². The van der Waals surface area contributed by atoms with Gasteiger partial charge in [-0.25, -0.2) is 4.99 Å². The van der Waals surface area contributed by atoms with Gasteiger partial charge in [0.2, 0.25) is 5.91 Å². The van der Waals surface area contributed by atoms with Gasteiger partial charge < -0.3 is 20.7 Å². The minimum absolute atomic E-state index is 0.219. The van der Waals surface area contributed by atoms with Gasteiger partial charge in [-0.15, -0.1) is 0 Å². The average Bonchev–Trinajstić information content (AvgIpc) is 2.60. The lowest BCUT2D eigenvalue weighted by atomic mass is 9.95. The number of primary amides is 1. The van der Waals surface area contributed by atoms with E-state index in [9.17, 15) is 4.79 Å². The molecule has 0 spiro atoms. The molecule has 1 unspecified atom stereocenters. The number of hydrogen-bond acceptors (Lipinski definition) is 3. The van der Waals surface area contributed by atoms with Gasteiger partial charge in [-0.05, 0) is 56.7 Å². The lowest BCUT2D eigenvalue weighted by molar-refractivity contribution is -0.119. The third-order valence-electron chi connectivity index (χ3n) is 4.59. The second-order valence-electron chi connectivity index (χ2n) is 6.83. The number of piperidine rings is 1. The zero-order valence-electron chi connectivity index (χ0n) is 16.3. The van der Waals surface area contributed by atoms with Crippen LogP contribution in [0.2, 0.25) is 0 Å². The number of rotatable bonds is 7. The molecule has 1 heterocycles. The largest absolute Gasteiger partial charge is 0.494 e. The minimum Gasteiger partial charge on any atom is -0.494 e. The molecule has 1 atom stereocenters. The Morgan fingerprint density at radius 3 is 2.88 bits per heavy atom. The van der Waals surface area contributed by atoms with E-state index in [0.717, 1.165) is 55.3 Å². The van der Waals surface area contributed by atoms with Crippen molar-refractivity contribution in [1.82, 2.24) is 10.2 Å². The van der Waals surface area contributed by atoms with Gasteiger partial charge in [-0.2, -0.15) is 0 Å². The highest BCUT2D eigenvalue weighted by Crippen LogP contribution is 2.21. The van der Waals surface area contributed by atoms with Crippen LogP contribution in [0.3, 0.4) is 0 Å². The van der Waals surface area contributed by atoms with Crippen molar-refractivity contribution < 1.29 is 9.53 Å². The van der Waals surface area contributed by atoms with Gasteiger partial charge in [0.1, 0.15) is 5.75 Å². The summed E-state index contributed by atoms with van der Waals surface area (Å²) in [4.78, 5) is 18.3. The monoisotopic (exact) mass is 360 g/mol. The number of nitrogens with zero attached hydrogens (tertiary/aromatic N) is 2. The van der Waals surface area contributed by atoms with Crippen LogP contribution in [0.4, 0.5) is 0 Å². The number of nitrogens with one attached hydrogen (secondary N) is 1. The van der Waals surface area contributed by atoms with Gasteiger partial charge >= 0.3 is 0 Å². The highest BCUT2D eigenvalue weighted by molar-refractivity contribution is 5.80. The first kappa shape index (κ1) is 20.1. The third kappa shape index (κ3) is 5.93. The number of carbonyl (C=O) groups excluding carboxylic acids is 1. The van der Waals surface area contributed by atoms with Crippen molar-refractivity contribution in [3.63, 3.8) is 0 Å². The fourth-order valence-corrected chi connectivity index (χ4v) is 3.43. The van der Waals surface area contributed by atoms with Crippen LogP contribution in [0, 0.1) is 12.8 Å². The molecule has 1 saturated heterocycles. The Kier molecular flexibility index (Phi) is 7.75. The Labute approximate surface area is 156 Å².